The van der Waals surface area contributed by atoms with Gasteiger partial charge in [0, 0.05) is 4.88 Å². The molecule has 8 nitrogen and oxygen atoms in total. The van der Waals surface area contributed by atoms with E-state index in [0.29, 0.717) is 15.2 Å². The van der Waals surface area contributed by atoms with Gasteiger partial charge in [0.25, 0.3) is 0 Å². The Morgan fingerprint density at radius 3 is 2.93 bits per heavy atom. The Hall–Kier alpha value is -3.24. The second kappa shape index (κ2) is 8.64. The van der Waals surface area contributed by atoms with E-state index in [9.17, 15) is 9.59 Å². The molecule has 0 aliphatic rings. The van der Waals surface area contributed by atoms with Crippen LogP contribution in [-0.4, -0.2) is 43.8 Å². The van der Waals surface area contributed by atoms with Gasteiger partial charge in [-0.3, -0.25) is 9.20 Å². The summed E-state index contributed by atoms with van der Waals surface area (Å²) in [6, 6.07) is 11.8. The fourth-order valence-electron chi connectivity index (χ4n) is 2.83. The van der Waals surface area contributed by atoms with Crippen molar-refractivity contribution in [2.45, 2.75) is 12.1 Å². The molecule has 4 rings (SSSR count). The summed E-state index contributed by atoms with van der Waals surface area (Å²) in [5.41, 5.74) is 1.88. The molecule has 0 bridgehead atoms. The zero-order chi connectivity index (χ0) is 21.1. The van der Waals surface area contributed by atoms with Crippen molar-refractivity contribution in [3.8, 4) is 0 Å². The Kier molecular flexibility index (Phi) is 5.77. The summed E-state index contributed by atoms with van der Waals surface area (Å²) in [6.45, 7) is 5.36. The van der Waals surface area contributed by atoms with Crippen LogP contribution in [0, 0.1) is 6.92 Å². The highest BCUT2D eigenvalue weighted by molar-refractivity contribution is 7.99. The summed E-state index contributed by atoms with van der Waals surface area (Å²) >= 11 is 2.50. The number of pyridine rings is 1. The number of nitrogens with one attached hydrogen (secondary N) is 1. The fourth-order valence-corrected chi connectivity index (χ4v) is 4.40. The molecule has 0 unspecified atom stereocenters. The predicted molar refractivity (Wildman–Crippen MR) is 117 cm³/mol. The highest BCUT2D eigenvalue weighted by Crippen LogP contribution is 2.25. The van der Waals surface area contributed by atoms with Crippen LogP contribution in [-0.2, 0) is 9.53 Å². The molecule has 30 heavy (non-hydrogen) atoms. The van der Waals surface area contributed by atoms with Gasteiger partial charge in [0.2, 0.25) is 5.91 Å². The largest absolute Gasteiger partial charge is 0.457 e. The fraction of sp³-hybridized carbons (Fsp3) is 0.150. The maximum Gasteiger partial charge on any atom is 0.358 e. The molecule has 0 radical (unpaired) electrons. The van der Waals surface area contributed by atoms with Gasteiger partial charge in [-0.15, -0.1) is 21.5 Å². The average molecular weight is 440 g/mol. The van der Waals surface area contributed by atoms with Gasteiger partial charge in [0.05, 0.1) is 11.3 Å². The molecule has 0 fully saturated rings. The molecule has 0 saturated heterocycles. The SMILES string of the molecule is C=CCOC(=O)c1nc(NC(=O)CSc2nnc3ccc4ccccc4n23)sc1C. The van der Waals surface area contributed by atoms with Gasteiger partial charge in [0.15, 0.2) is 21.6 Å². The molecular formula is C20H17N5O3S2. The Labute approximate surface area is 180 Å². The number of carbonyl (C=O) groups excluding carboxylic acids is 2. The van der Waals surface area contributed by atoms with E-state index >= 15 is 0 Å². The van der Waals surface area contributed by atoms with Gasteiger partial charge >= 0.3 is 5.97 Å². The summed E-state index contributed by atoms with van der Waals surface area (Å²) < 4.78 is 6.93. The van der Waals surface area contributed by atoms with Crippen molar-refractivity contribution in [3.05, 3.63) is 59.6 Å². The lowest BCUT2D eigenvalue weighted by molar-refractivity contribution is -0.113. The first-order valence-electron chi connectivity index (χ1n) is 8.98. The highest BCUT2D eigenvalue weighted by Gasteiger charge is 2.18. The van der Waals surface area contributed by atoms with Crippen LogP contribution in [0.25, 0.3) is 16.6 Å². The van der Waals surface area contributed by atoms with Gasteiger partial charge in [-0.05, 0) is 30.5 Å². The van der Waals surface area contributed by atoms with Crippen LogP contribution in [0.3, 0.4) is 0 Å². The number of carbonyl (C=O) groups is 2. The van der Waals surface area contributed by atoms with Gasteiger partial charge in [-0.2, -0.15) is 0 Å². The molecular weight excluding hydrogens is 422 g/mol. The van der Waals surface area contributed by atoms with Crippen LogP contribution < -0.4 is 5.32 Å². The first-order chi connectivity index (χ1) is 14.6. The molecule has 0 spiro atoms. The van der Waals surface area contributed by atoms with Crippen LogP contribution in [0.5, 0.6) is 0 Å². The number of hydrogen-bond donors (Lipinski definition) is 1. The average Bonchev–Trinajstić information content (AvgIpc) is 3.33. The van der Waals surface area contributed by atoms with E-state index < -0.39 is 5.97 Å². The molecule has 1 aromatic carbocycles. The number of esters is 1. The van der Waals surface area contributed by atoms with E-state index in [1.807, 2.05) is 40.8 Å². The number of fused-ring (bicyclic) bond motifs is 3. The Morgan fingerprint density at radius 1 is 1.27 bits per heavy atom. The normalized spacial score (nSPS) is 11.0. The number of anilines is 1. The van der Waals surface area contributed by atoms with E-state index in [-0.39, 0.29) is 24.0 Å². The van der Waals surface area contributed by atoms with Crippen LogP contribution in [0.2, 0.25) is 0 Å². The summed E-state index contributed by atoms with van der Waals surface area (Å²) in [5, 5.41) is 13.1. The molecule has 1 amide bonds. The molecule has 152 valence electrons. The van der Waals surface area contributed by atoms with Crippen LogP contribution in [0.4, 0.5) is 5.13 Å². The van der Waals surface area contributed by atoms with Crippen molar-refractivity contribution >= 4 is 56.7 Å². The lowest BCUT2D eigenvalue weighted by Crippen LogP contribution is -2.14. The second-order valence-corrected chi connectivity index (χ2v) is 8.36. The maximum atomic E-state index is 12.4. The third-order valence-corrected chi connectivity index (χ3v) is 5.96. The van der Waals surface area contributed by atoms with Gasteiger partial charge in [0.1, 0.15) is 6.61 Å². The first kappa shape index (κ1) is 20.0. The predicted octanol–water partition coefficient (Wildman–Crippen LogP) is 3.72. The minimum absolute atomic E-state index is 0.106. The number of aryl methyl sites for hydroxylation is 1. The third kappa shape index (κ3) is 4.05. The van der Waals surface area contributed by atoms with Crippen molar-refractivity contribution in [2.24, 2.45) is 0 Å². The molecule has 0 atom stereocenters. The molecule has 4 aromatic rings. The van der Waals surface area contributed by atoms with E-state index in [0.717, 1.165) is 16.6 Å². The lowest BCUT2D eigenvalue weighted by Gasteiger charge is -2.04. The number of thiazole rings is 1. The zero-order valence-corrected chi connectivity index (χ0v) is 17.6. The molecule has 0 saturated carbocycles. The van der Waals surface area contributed by atoms with Crippen molar-refractivity contribution in [1.82, 2.24) is 19.6 Å². The molecule has 3 aromatic heterocycles. The van der Waals surface area contributed by atoms with E-state index in [2.05, 4.69) is 27.1 Å². The van der Waals surface area contributed by atoms with Gasteiger partial charge in [-0.1, -0.05) is 42.6 Å². The Balaban J connectivity index is 1.45. The summed E-state index contributed by atoms with van der Waals surface area (Å²) in [5.74, 6) is -0.670. The molecule has 0 aliphatic carbocycles. The number of benzene rings is 1. The highest BCUT2D eigenvalue weighted by atomic mass is 32.2. The Morgan fingerprint density at radius 2 is 2.10 bits per heavy atom. The standard InChI is InChI=1S/C20H17N5O3S2/c1-3-10-28-18(27)17-12(2)30-19(22-17)21-16(26)11-29-20-24-23-15-9-8-13-6-4-5-7-14(13)25(15)20/h3-9H,1,10-11H2,2H3,(H,21,22,26). The monoisotopic (exact) mass is 439 g/mol. The lowest BCUT2D eigenvalue weighted by atomic mass is 10.2. The molecule has 0 aliphatic heterocycles. The minimum Gasteiger partial charge on any atom is -0.457 e. The van der Waals surface area contributed by atoms with Crippen molar-refractivity contribution in [2.75, 3.05) is 17.7 Å². The first-order valence-corrected chi connectivity index (χ1v) is 10.8. The maximum absolute atomic E-state index is 12.4. The topological polar surface area (TPSA) is 98.5 Å². The minimum atomic E-state index is -0.541. The summed E-state index contributed by atoms with van der Waals surface area (Å²) in [6.07, 6.45) is 1.48. The van der Waals surface area contributed by atoms with Crippen molar-refractivity contribution < 1.29 is 14.3 Å². The van der Waals surface area contributed by atoms with Crippen molar-refractivity contribution in [1.29, 1.82) is 0 Å². The zero-order valence-electron chi connectivity index (χ0n) is 16.0. The summed E-state index contributed by atoms with van der Waals surface area (Å²) in [7, 11) is 0. The van der Waals surface area contributed by atoms with Gasteiger partial charge < -0.3 is 10.1 Å². The number of aromatic nitrogens is 4. The number of thioether (sulfide) groups is 1. The number of ether oxygens (including phenoxy) is 1. The summed E-state index contributed by atoms with van der Waals surface area (Å²) in [4.78, 5) is 29.2. The molecule has 3 heterocycles. The van der Waals surface area contributed by atoms with Crippen LogP contribution >= 0.6 is 23.1 Å². The van der Waals surface area contributed by atoms with Crippen LogP contribution in [0.15, 0.2) is 54.2 Å². The van der Waals surface area contributed by atoms with E-state index in [1.54, 1.807) is 6.92 Å². The number of amides is 1. The van der Waals surface area contributed by atoms with E-state index in [1.165, 1.54) is 29.2 Å². The number of nitrogens with zero attached hydrogens (tertiary/aromatic N) is 4. The quantitative estimate of drug-likeness (QED) is 0.266. The smallest absolute Gasteiger partial charge is 0.358 e. The van der Waals surface area contributed by atoms with Gasteiger partial charge in [-0.25, -0.2) is 9.78 Å². The molecule has 10 heteroatoms. The van der Waals surface area contributed by atoms with E-state index in [4.69, 9.17) is 4.74 Å². The van der Waals surface area contributed by atoms with Crippen LogP contribution in [0.1, 0.15) is 15.4 Å². The Bertz CT molecular complexity index is 1260. The molecule has 1 N–H and O–H groups in total. The van der Waals surface area contributed by atoms with Crippen molar-refractivity contribution in [3.63, 3.8) is 0 Å². The second-order valence-electron chi connectivity index (χ2n) is 6.22. The number of hydrogen-bond acceptors (Lipinski definition) is 8. The number of rotatable bonds is 7. The number of para-hydroxylation sites is 1. The third-order valence-electron chi connectivity index (χ3n) is 4.15.